The quantitative estimate of drug-likeness (QED) is 0.538. The molecule has 27 heavy (non-hydrogen) atoms. The van der Waals surface area contributed by atoms with Crippen molar-refractivity contribution in [3.8, 4) is 23.2 Å². The molecule has 0 N–H and O–H groups in total. The van der Waals surface area contributed by atoms with Gasteiger partial charge in [0, 0.05) is 5.02 Å². The van der Waals surface area contributed by atoms with E-state index < -0.39 is 0 Å². The number of nitrogens with zero attached hydrogens (tertiary/aromatic N) is 4. The van der Waals surface area contributed by atoms with Gasteiger partial charge in [0.1, 0.15) is 17.0 Å². The molecule has 0 spiro atoms. The number of rotatable bonds is 4. The fourth-order valence-electron chi connectivity index (χ4n) is 2.56. The molecule has 0 atom stereocenters. The van der Waals surface area contributed by atoms with Crippen molar-refractivity contribution in [2.45, 2.75) is 0 Å². The fraction of sp³-hybridized carbons (Fsp3) is 0.0526. The second-order valence-electron chi connectivity index (χ2n) is 5.55. The van der Waals surface area contributed by atoms with Crippen LogP contribution in [0.4, 0.5) is 0 Å². The maximum absolute atomic E-state index is 12.5. The minimum absolute atomic E-state index is 0.0828. The molecule has 2 heterocycles. The van der Waals surface area contributed by atoms with Gasteiger partial charge in [-0.05, 0) is 42.5 Å². The average Bonchev–Trinajstić information content (AvgIpc) is 2.68. The summed E-state index contributed by atoms with van der Waals surface area (Å²) in [6.07, 6.45) is 2.73. The maximum atomic E-state index is 12.5. The van der Waals surface area contributed by atoms with Gasteiger partial charge < -0.3 is 9.47 Å². The number of hydrogen-bond donors (Lipinski definition) is 0. The van der Waals surface area contributed by atoms with Crippen molar-refractivity contribution < 1.29 is 9.47 Å². The van der Waals surface area contributed by atoms with Gasteiger partial charge in [-0.15, -0.1) is 0 Å². The molecule has 0 aliphatic rings. The van der Waals surface area contributed by atoms with Gasteiger partial charge in [-0.1, -0.05) is 17.7 Å². The summed E-state index contributed by atoms with van der Waals surface area (Å²) in [5, 5.41) is 0.532. The topological polar surface area (TPSA) is 79.1 Å². The zero-order valence-electron chi connectivity index (χ0n) is 14.2. The van der Waals surface area contributed by atoms with E-state index in [4.69, 9.17) is 21.1 Å². The van der Waals surface area contributed by atoms with Crippen molar-refractivity contribution in [2.75, 3.05) is 7.11 Å². The summed E-state index contributed by atoms with van der Waals surface area (Å²) in [5.74, 6) is 1.17. The van der Waals surface area contributed by atoms with Crippen molar-refractivity contribution in [3.63, 3.8) is 0 Å². The highest BCUT2D eigenvalue weighted by molar-refractivity contribution is 6.30. The molecule has 0 unspecified atom stereocenters. The van der Waals surface area contributed by atoms with Gasteiger partial charge in [0.05, 0.1) is 25.2 Å². The SMILES string of the molecule is COc1ccc(-n2c(=O)cnc3cnc(Oc4cccc(Cl)c4)nc32)cc1. The molecule has 0 saturated carbocycles. The lowest BCUT2D eigenvalue weighted by Gasteiger charge is -2.10. The molecule has 0 aliphatic carbocycles. The van der Waals surface area contributed by atoms with Crippen LogP contribution in [0, 0.1) is 0 Å². The summed E-state index contributed by atoms with van der Waals surface area (Å²) in [7, 11) is 1.58. The van der Waals surface area contributed by atoms with Crippen molar-refractivity contribution in [3.05, 3.63) is 76.3 Å². The smallest absolute Gasteiger partial charge is 0.324 e. The van der Waals surface area contributed by atoms with E-state index in [9.17, 15) is 4.79 Å². The van der Waals surface area contributed by atoms with E-state index >= 15 is 0 Å². The molecule has 0 saturated heterocycles. The molecule has 4 aromatic rings. The van der Waals surface area contributed by atoms with Crippen LogP contribution in [-0.2, 0) is 0 Å². The standard InChI is InChI=1S/C19H13ClN4O3/c1-26-14-7-5-13(6-8-14)24-17(25)11-21-16-10-22-19(23-18(16)24)27-15-4-2-3-12(20)9-15/h2-11H,1H3. The molecule has 0 bridgehead atoms. The second kappa shape index (κ2) is 7.05. The van der Waals surface area contributed by atoms with Gasteiger partial charge in [0.2, 0.25) is 0 Å². The first-order chi connectivity index (χ1) is 13.1. The highest BCUT2D eigenvalue weighted by atomic mass is 35.5. The first-order valence-electron chi connectivity index (χ1n) is 7.97. The first kappa shape index (κ1) is 17.0. The summed E-state index contributed by atoms with van der Waals surface area (Å²) in [4.78, 5) is 25.1. The highest BCUT2D eigenvalue weighted by Crippen LogP contribution is 2.23. The van der Waals surface area contributed by atoms with E-state index in [-0.39, 0.29) is 11.6 Å². The predicted octanol–water partition coefficient (Wildman–Crippen LogP) is 3.63. The second-order valence-corrected chi connectivity index (χ2v) is 5.99. The molecule has 0 radical (unpaired) electrons. The molecule has 0 fully saturated rings. The Morgan fingerprint density at radius 3 is 2.56 bits per heavy atom. The molecule has 7 nitrogen and oxygen atoms in total. The zero-order valence-corrected chi connectivity index (χ0v) is 14.9. The number of methoxy groups -OCH3 is 1. The number of benzene rings is 2. The van der Waals surface area contributed by atoms with Crippen LogP contribution in [-0.4, -0.2) is 26.6 Å². The molecule has 2 aromatic heterocycles. The molecule has 0 aliphatic heterocycles. The van der Waals surface area contributed by atoms with E-state index in [0.29, 0.717) is 33.4 Å². The molecule has 8 heteroatoms. The van der Waals surface area contributed by atoms with E-state index in [1.165, 1.54) is 17.0 Å². The minimum atomic E-state index is -0.319. The van der Waals surface area contributed by atoms with Crippen LogP contribution in [0.2, 0.25) is 5.02 Å². The van der Waals surface area contributed by atoms with Crippen LogP contribution in [0.3, 0.4) is 0 Å². The summed E-state index contributed by atoms with van der Waals surface area (Å²) < 4.78 is 12.3. The van der Waals surface area contributed by atoms with E-state index in [2.05, 4.69) is 15.0 Å². The Balaban J connectivity index is 1.82. The highest BCUT2D eigenvalue weighted by Gasteiger charge is 2.11. The van der Waals surface area contributed by atoms with E-state index in [1.54, 1.807) is 55.6 Å². The van der Waals surface area contributed by atoms with Crippen LogP contribution < -0.4 is 15.0 Å². The monoisotopic (exact) mass is 380 g/mol. The summed E-state index contributed by atoms with van der Waals surface area (Å²) in [6.45, 7) is 0. The van der Waals surface area contributed by atoms with Crippen LogP contribution in [0.1, 0.15) is 0 Å². The number of fused-ring (bicyclic) bond motifs is 1. The molecule has 2 aromatic carbocycles. The normalized spacial score (nSPS) is 10.7. The van der Waals surface area contributed by atoms with Crippen LogP contribution in [0.15, 0.2) is 65.7 Å². The Morgan fingerprint density at radius 1 is 1.00 bits per heavy atom. The molecular weight excluding hydrogens is 368 g/mol. The number of hydrogen-bond acceptors (Lipinski definition) is 6. The lowest BCUT2D eigenvalue weighted by molar-refractivity contribution is 0.414. The third-order valence-corrected chi connectivity index (χ3v) is 4.05. The fourth-order valence-corrected chi connectivity index (χ4v) is 2.74. The minimum Gasteiger partial charge on any atom is -0.497 e. The Kier molecular flexibility index (Phi) is 4.43. The Morgan fingerprint density at radius 2 is 1.81 bits per heavy atom. The summed E-state index contributed by atoms with van der Waals surface area (Å²) >= 11 is 5.97. The van der Waals surface area contributed by atoms with Gasteiger partial charge in [-0.3, -0.25) is 9.36 Å². The third-order valence-electron chi connectivity index (χ3n) is 3.81. The predicted molar refractivity (Wildman–Crippen MR) is 101 cm³/mol. The molecule has 134 valence electrons. The molecule has 4 rings (SSSR count). The lowest BCUT2D eigenvalue weighted by atomic mass is 10.3. The van der Waals surface area contributed by atoms with Gasteiger partial charge in [0.25, 0.3) is 5.56 Å². The lowest BCUT2D eigenvalue weighted by Crippen LogP contribution is -2.19. The Hall–Kier alpha value is -3.45. The van der Waals surface area contributed by atoms with Gasteiger partial charge in [-0.25, -0.2) is 9.97 Å². The van der Waals surface area contributed by atoms with Gasteiger partial charge in [0.15, 0.2) is 5.65 Å². The van der Waals surface area contributed by atoms with Gasteiger partial charge >= 0.3 is 6.01 Å². The number of aromatic nitrogens is 4. The first-order valence-corrected chi connectivity index (χ1v) is 8.34. The molecule has 0 amide bonds. The van der Waals surface area contributed by atoms with Crippen molar-refractivity contribution in [1.29, 1.82) is 0 Å². The third kappa shape index (κ3) is 3.45. The van der Waals surface area contributed by atoms with Crippen molar-refractivity contribution in [2.24, 2.45) is 0 Å². The zero-order chi connectivity index (χ0) is 18.8. The summed E-state index contributed by atoms with van der Waals surface area (Å²) in [5.41, 5.74) is 1.10. The van der Waals surface area contributed by atoms with E-state index in [1.807, 2.05) is 0 Å². The number of halogens is 1. The van der Waals surface area contributed by atoms with Crippen LogP contribution in [0.25, 0.3) is 16.9 Å². The van der Waals surface area contributed by atoms with Crippen molar-refractivity contribution >= 4 is 22.8 Å². The van der Waals surface area contributed by atoms with Crippen LogP contribution >= 0.6 is 11.6 Å². The van der Waals surface area contributed by atoms with E-state index in [0.717, 1.165) is 0 Å². The van der Waals surface area contributed by atoms with Gasteiger partial charge in [-0.2, -0.15) is 4.98 Å². The number of ether oxygens (including phenoxy) is 2. The maximum Gasteiger partial charge on any atom is 0.324 e. The van der Waals surface area contributed by atoms with Crippen molar-refractivity contribution in [1.82, 2.24) is 19.5 Å². The Labute approximate surface area is 158 Å². The average molecular weight is 381 g/mol. The molecular formula is C19H13ClN4O3. The Bertz CT molecular complexity index is 1180. The summed E-state index contributed by atoms with van der Waals surface area (Å²) in [6, 6.07) is 14.0. The largest absolute Gasteiger partial charge is 0.497 e. The van der Waals surface area contributed by atoms with Crippen LogP contribution in [0.5, 0.6) is 17.5 Å².